The number of imidazole rings is 2. The minimum Gasteiger partial charge on any atom is -0.351 e. The Balaban J connectivity index is 0.00000176. The zero-order valence-corrected chi connectivity index (χ0v) is 13.7. The third-order valence-corrected chi connectivity index (χ3v) is 4.01. The predicted octanol–water partition coefficient (Wildman–Crippen LogP) is 3.43. The predicted molar refractivity (Wildman–Crippen MR) is 89.7 cm³/mol. The molecular formula is C14H14Cl3N5. The molecule has 2 aromatic heterocycles. The minimum absolute atomic E-state index is 0. The van der Waals surface area contributed by atoms with Gasteiger partial charge in [0.05, 0.1) is 28.6 Å². The van der Waals surface area contributed by atoms with Gasteiger partial charge in [-0.1, -0.05) is 29.3 Å². The van der Waals surface area contributed by atoms with Crippen LogP contribution in [0.2, 0.25) is 10.0 Å². The number of hydrogen-bond donors (Lipinski definition) is 2. The summed E-state index contributed by atoms with van der Waals surface area (Å²) in [6, 6.07) is 5.38. The number of nitrogens with zero attached hydrogens (tertiary/aromatic N) is 3. The molecule has 1 atom stereocenters. The molecule has 5 nitrogen and oxygen atoms in total. The summed E-state index contributed by atoms with van der Waals surface area (Å²) < 4.78 is 1.98. The number of H-pyrrole nitrogens is 1. The largest absolute Gasteiger partial charge is 0.351 e. The average molecular weight is 359 g/mol. The highest BCUT2D eigenvalue weighted by Crippen LogP contribution is 2.31. The first-order valence-corrected chi connectivity index (χ1v) is 7.11. The van der Waals surface area contributed by atoms with E-state index in [1.165, 1.54) is 0 Å². The Kier molecular flexibility index (Phi) is 5.47. The Morgan fingerprint density at radius 2 is 2.05 bits per heavy atom. The van der Waals surface area contributed by atoms with Crippen LogP contribution < -0.4 is 5.73 Å². The molecule has 0 saturated carbocycles. The standard InChI is InChI=1S/C14H13Cl2N5.ClH/c15-10-2-1-9(5-11(10)16)14(12-7-18-8-20-12)21-4-3-19-13(21)6-17;/h1-5,7-8,14H,6,17H2,(H,18,20);1H. The molecule has 1 unspecified atom stereocenters. The monoisotopic (exact) mass is 357 g/mol. The van der Waals surface area contributed by atoms with E-state index in [1.807, 2.05) is 29.1 Å². The number of nitrogens with two attached hydrogens (primary N) is 1. The smallest absolute Gasteiger partial charge is 0.123 e. The van der Waals surface area contributed by atoms with Gasteiger partial charge in [0.25, 0.3) is 0 Å². The number of aromatic nitrogens is 4. The van der Waals surface area contributed by atoms with Gasteiger partial charge < -0.3 is 15.3 Å². The Labute approximate surface area is 143 Å². The van der Waals surface area contributed by atoms with Crippen LogP contribution in [0.1, 0.15) is 23.1 Å². The summed E-state index contributed by atoms with van der Waals surface area (Å²) in [4.78, 5) is 11.6. The summed E-state index contributed by atoms with van der Waals surface area (Å²) in [5, 5.41) is 1.02. The van der Waals surface area contributed by atoms with Crippen LogP contribution >= 0.6 is 35.6 Å². The first kappa shape index (κ1) is 16.8. The fraction of sp³-hybridized carbons (Fsp3) is 0.143. The number of benzene rings is 1. The second-order valence-corrected chi connectivity index (χ2v) is 5.34. The van der Waals surface area contributed by atoms with Crippen molar-refractivity contribution >= 4 is 35.6 Å². The van der Waals surface area contributed by atoms with Crippen LogP contribution in [0.3, 0.4) is 0 Å². The van der Waals surface area contributed by atoms with Gasteiger partial charge in [0, 0.05) is 18.6 Å². The van der Waals surface area contributed by atoms with Crippen molar-refractivity contribution in [2.24, 2.45) is 5.73 Å². The van der Waals surface area contributed by atoms with Gasteiger partial charge >= 0.3 is 0 Å². The summed E-state index contributed by atoms with van der Waals surface area (Å²) in [7, 11) is 0. The molecule has 3 N–H and O–H groups in total. The van der Waals surface area contributed by atoms with Crippen molar-refractivity contribution < 1.29 is 0 Å². The lowest BCUT2D eigenvalue weighted by atomic mass is 10.0. The molecule has 116 valence electrons. The van der Waals surface area contributed by atoms with E-state index in [2.05, 4.69) is 15.0 Å². The zero-order chi connectivity index (χ0) is 14.8. The van der Waals surface area contributed by atoms with E-state index in [1.54, 1.807) is 18.6 Å². The van der Waals surface area contributed by atoms with Crippen molar-refractivity contribution in [1.82, 2.24) is 19.5 Å². The lowest BCUT2D eigenvalue weighted by molar-refractivity contribution is 0.622. The van der Waals surface area contributed by atoms with E-state index >= 15 is 0 Å². The zero-order valence-electron chi connectivity index (χ0n) is 11.4. The number of rotatable bonds is 4. The molecule has 8 heteroatoms. The Hall–Kier alpha value is -1.53. The third-order valence-electron chi connectivity index (χ3n) is 3.27. The number of hydrogen-bond acceptors (Lipinski definition) is 3. The van der Waals surface area contributed by atoms with E-state index in [-0.39, 0.29) is 18.4 Å². The topological polar surface area (TPSA) is 72.5 Å². The van der Waals surface area contributed by atoms with Gasteiger partial charge in [0.15, 0.2) is 0 Å². The number of halogens is 3. The van der Waals surface area contributed by atoms with Gasteiger partial charge in [-0.3, -0.25) is 0 Å². The van der Waals surface area contributed by atoms with Crippen LogP contribution in [-0.2, 0) is 6.54 Å². The highest BCUT2D eigenvalue weighted by atomic mass is 35.5. The van der Waals surface area contributed by atoms with Gasteiger partial charge in [-0.25, -0.2) is 9.97 Å². The Bertz CT molecular complexity index is 739. The van der Waals surface area contributed by atoms with Crippen LogP contribution in [-0.4, -0.2) is 19.5 Å². The summed E-state index contributed by atoms with van der Waals surface area (Å²) in [6.45, 7) is 0.343. The molecule has 0 saturated heterocycles. The molecule has 0 fully saturated rings. The third kappa shape index (κ3) is 3.13. The molecule has 3 aromatic rings. The van der Waals surface area contributed by atoms with Crippen LogP contribution in [0.25, 0.3) is 0 Å². The summed E-state index contributed by atoms with van der Waals surface area (Å²) in [6.07, 6.45) is 7.08. The Morgan fingerprint density at radius 3 is 2.68 bits per heavy atom. The van der Waals surface area contributed by atoms with Crippen LogP contribution in [0.5, 0.6) is 0 Å². The second-order valence-electron chi connectivity index (χ2n) is 4.53. The summed E-state index contributed by atoms with van der Waals surface area (Å²) in [5.74, 6) is 0.772. The maximum atomic E-state index is 6.14. The van der Waals surface area contributed by atoms with E-state index < -0.39 is 0 Å². The van der Waals surface area contributed by atoms with E-state index in [4.69, 9.17) is 28.9 Å². The molecule has 0 bridgehead atoms. The fourth-order valence-corrected chi connectivity index (χ4v) is 2.62. The van der Waals surface area contributed by atoms with Crippen molar-refractivity contribution in [2.75, 3.05) is 0 Å². The molecule has 2 heterocycles. The first-order chi connectivity index (χ1) is 10.2. The van der Waals surface area contributed by atoms with Crippen molar-refractivity contribution in [1.29, 1.82) is 0 Å². The van der Waals surface area contributed by atoms with Crippen molar-refractivity contribution in [2.45, 2.75) is 12.6 Å². The highest BCUT2D eigenvalue weighted by Gasteiger charge is 2.21. The lowest BCUT2D eigenvalue weighted by Crippen LogP contribution is -2.17. The van der Waals surface area contributed by atoms with E-state index in [0.29, 0.717) is 16.6 Å². The van der Waals surface area contributed by atoms with Crippen LogP contribution in [0.15, 0.2) is 43.1 Å². The van der Waals surface area contributed by atoms with Crippen molar-refractivity contribution in [3.63, 3.8) is 0 Å². The maximum Gasteiger partial charge on any atom is 0.123 e. The molecule has 0 amide bonds. The van der Waals surface area contributed by atoms with Crippen molar-refractivity contribution in [3.05, 3.63) is 70.2 Å². The normalized spacial score (nSPS) is 12.0. The van der Waals surface area contributed by atoms with E-state index in [0.717, 1.165) is 17.1 Å². The van der Waals surface area contributed by atoms with Crippen molar-refractivity contribution in [3.8, 4) is 0 Å². The maximum absolute atomic E-state index is 6.14. The van der Waals surface area contributed by atoms with Crippen LogP contribution in [0, 0.1) is 0 Å². The molecule has 22 heavy (non-hydrogen) atoms. The molecule has 0 spiro atoms. The second kappa shape index (κ2) is 7.15. The van der Waals surface area contributed by atoms with Gasteiger partial charge in [0.2, 0.25) is 0 Å². The molecule has 1 aromatic carbocycles. The summed E-state index contributed by atoms with van der Waals surface area (Å²) in [5.41, 5.74) is 7.57. The molecule has 0 radical (unpaired) electrons. The average Bonchev–Trinajstić information content (AvgIpc) is 3.15. The minimum atomic E-state index is -0.160. The number of nitrogens with one attached hydrogen (secondary N) is 1. The highest BCUT2D eigenvalue weighted by molar-refractivity contribution is 6.42. The van der Waals surface area contributed by atoms with Gasteiger partial charge in [-0.2, -0.15) is 0 Å². The molecule has 0 aliphatic carbocycles. The molecular weight excluding hydrogens is 345 g/mol. The molecule has 0 aliphatic heterocycles. The van der Waals surface area contributed by atoms with E-state index in [9.17, 15) is 0 Å². The summed E-state index contributed by atoms with van der Waals surface area (Å²) >= 11 is 12.1. The first-order valence-electron chi connectivity index (χ1n) is 6.36. The SMILES string of the molecule is Cl.NCc1nccn1C(c1ccc(Cl)c(Cl)c1)c1c[nH]cn1. The van der Waals surface area contributed by atoms with Gasteiger partial charge in [-0.15, -0.1) is 12.4 Å². The quantitative estimate of drug-likeness (QED) is 0.750. The fourth-order valence-electron chi connectivity index (χ4n) is 2.31. The number of aromatic amines is 1. The van der Waals surface area contributed by atoms with Gasteiger partial charge in [-0.05, 0) is 17.7 Å². The molecule has 3 rings (SSSR count). The molecule has 0 aliphatic rings. The van der Waals surface area contributed by atoms with Crippen LogP contribution in [0.4, 0.5) is 0 Å². The van der Waals surface area contributed by atoms with Gasteiger partial charge in [0.1, 0.15) is 11.9 Å². The Morgan fingerprint density at radius 1 is 1.23 bits per heavy atom. The lowest BCUT2D eigenvalue weighted by Gasteiger charge is -2.20.